The molecule has 1 N–H and O–H groups in total. The molecule has 0 spiro atoms. The van der Waals surface area contributed by atoms with E-state index in [1.165, 1.54) is 12.1 Å². The first-order chi connectivity index (χ1) is 15.4. The third kappa shape index (κ3) is 5.08. The van der Waals surface area contributed by atoms with E-state index in [4.69, 9.17) is 9.84 Å². The molecule has 2 aromatic carbocycles. The van der Waals surface area contributed by atoms with Gasteiger partial charge >= 0.3 is 5.97 Å². The van der Waals surface area contributed by atoms with Crippen molar-refractivity contribution in [3.63, 3.8) is 0 Å². The second-order valence-electron chi connectivity index (χ2n) is 8.30. The maximum Gasteiger partial charge on any atom is 0.338 e. The van der Waals surface area contributed by atoms with Gasteiger partial charge in [-0.15, -0.1) is 0 Å². The molecule has 2 aromatic rings. The fourth-order valence-electron chi connectivity index (χ4n) is 4.32. The molecular weight excluding hydrogens is 413 g/mol. The van der Waals surface area contributed by atoms with E-state index in [1.54, 1.807) is 13.0 Å². The maximum atomic E-state index is 14.0. The Bertz CT molecular complexity index is 974. The molecule has 1 atom stereocenters. The number of carbonyl (C=O) groups is 2. The van der Waals surface area contributed by atoms with Crippen molar-refractivity contribution in [2.24, 2.45) is 0 Å². The van der Waals surface area contributed by atoms with Gasteiger partial charge in [0.15, 0.2) is 5.78 Å². The first-order valence-electron chi connectivity index (χ1n) is 10.9. The molecule has 0 radical (unpaired) electrons. The van der Waals surface area contributed by atoms with Crippen molar-refractivity contribution in [3.05, 3.63) is 59.4 Å². The number of halogens is 1. The lowest BCUT2D eigenvalue weighted by Crippen LogP contribution is -2.52. The van der Waals surface area contributed by atoms with E-state index in [9.17, 15) is 14.0 Å². The molecule has 8 heteroatoms. The van der Waals surface area contributed by atoms with Crippen molar-refractivity contribution in [2.75, 3.05) is 62.2 Å². The lowest BCUT2D eigenvalue weighted by Gasteiger charge is -2.40. The van der Waals surface area contributed by atoms with Gasteiger partial charge in [0.05, 0.1) is 18.3 Å². The minimum Gasteiger partial charge on any atom is -0.478 e. The molecule has 4 rings (SSSR count). The van der Waals surface area contributed by atoms with E-state index >= 15 is 0 Å². The van der Waals surface area contributed by atoms with Crippen LogP contribution in [0.3, 0.4) is 0 Å². The molecule has 0 saturated carbocycles. The van der Waals surface area contributed by atoms with Crippen LogP contribution < -0.4 is 9.80 Å². The number of hydrogen-bond donors (Lipinski definition) is 1. The molecule has 2 aliphatic heterocycles. The summed E-state index contributed by atoms with van der Waals surface area (Å²) >= 11 is 0. The number of carbonyl (C=O) groups excluding carboxylic acids is 1. The average Bonchev–Trinajstić information content (AvgIpc) is 2.79. The lowest BCUT2D eigenvalue weighted by molar-refractivity contribution is 0.0147. The molecule has 0 aromatic heterocycles. The number of hydrogen-bond acceptors (Lipinski definition) is 6. The number of carboxylic acids is 1. The molecule has 0 unspecified atom stereocenters. The van der Waals surface area contributed by atoms with Crippen LogP contribution in [0.2, 0.25) is 0 Å². The monoisotopic (exact) mass is 441 g/mol. The van der Waals surface area contributed by atoms with Gasteiger partial charge in [0.1, 0.15) is 5.82 Å². The second kappa shape index (κ2) is 9.67. The Morgan fingerprint density at radius 1 is 1.00 bits per heavy atom. The minimum atomic E-state index is -1.25. The van der Waals surface area contributed by atoms with Crippen LogP contribution in [-0.2, 0) is 4.74 Å². The molecule has 0 amide bonds. The normalized spacial score (nSPS) is 19.8. The summed E-state index contributed by atoms with van der Waals surface area (Å²) in [4.78, 5) is 29.2. The predicted molar refractivity (Wildman–Crippen MR) is 120 cm³/mol. The number of rotatable bonds is 6. The van der Waals surface area contributed by atoms with Gasteiger partial charge in [-0.05, 0) is 49.4 Å². The number of ether oxygens (including phenoxy) is 1. The number of anilines is 2. The van der Waals surface area contributed by atoms with Gasteiger partial charge < -0.3 is 19.6 Å². The Balaban J connectivity index is 1.29. The van der Waals surface area contributed by atoms with Crippen molar-refractivity contribution >= 4 is 23.1 Å². The average molecular weight is 442 g/mol. The number of nitrogens with zero attached hydrogens (tertiary/aromatic N) is 3. The molecule has 7 nitrogen and oxygen atoms in total. The van der Waals surface area contributed by atoms with Gasteiger partial charge in [0.25, 0.3) is 0 Å². The van der Waals surface area contributed by atoms with Crippen LogP contribution in [0.1, 0.15) is 27.6 Å². The molecule has 0 aliphatic carbocycles. The predicted octanol–water partition coefficient (Wildman–Crippen LogP) is 2.75. The number of carboxylic acid groups (broad SMARTS) is 1. The number of piperazine rings is 1. The summed E-state index contributed by atoms with van der Waals surface area (Å²) in [7, 11) is 0. The van der Waals surface area contributed by atoms with Crippen molar-refractivity contribution in [1.82, 2.24) is 4.90 Å². The van der Waals surface area contributed by atoms with E-state index in [1.807, 2.05) is 24.3 Å². The Labute approximate surface area is 187 Å². The zero-order valence-corrected chi connectivity index (χ0v) is 18.2. The van der Waals surface area contributed by atoms with Gasteiger partial charge in [-0.1, -0.05) is 0 Å². The maximum absolute atomic E-state index is 14.0. The van der Waals surface area contributed by atoms with Gasteiger partial charge in [-0.2, -0.15) is 0 Å². The zero-order chi connectivity index (χ0) is 22.7. The highest BCUT2D eigenvalue weighted by molar-refractivity contribution is 5.94. The van der Waals surface area contributed by atoms with Gasteiger partial charge in [-0.25, -0.2) is 9.18 Å². The largest absolute Gasteiger partial charge is 0.478 e. The van der Waals surface area contributed by atoms with E-state index in [0.717, 1.165) is 51.5 Å². The van der Waals surface area contributed by atoms with Crippen LogP contribution in [0, 0.1) is 5.82 Å². The van der Waals surface area contributed by atoms with Crippen LogP contribution in [0.15, 0.2) is 42.5 Å². The summed E-state index contributed by atoms with van der Waals surface area (Å²) in [6.07, 6.45) is 0.0927. The Hall–Kier alpha value is -2.97. The fraction of sp³-hybridized carbons (Fsp3) is 0.417. The highest BCUT2D eigenvalue weighted by Crippen LogP contribution is 2.22. The molecule has 170 valence electrons. The fourth-order valence-corrected chi connectivity index (χ4v) is 4.32. The van der Waals surface area contributed by atoms with E-state index < -0.39 is 11.8 Å². The third-order valence-electron chi connectivity index (χ3n) is 6.16. The van der Waals surface area contributed by atoms with Crippen LogP contribution in [0.25, 0.3) is 0 Å². The summed E-state index contributed by atoms with van der Waals surface area (Å²) in [5, 5.41) is 8.99. The quantitative estimate of drug-likeness (QED) is 0.691. The number of benzene rings is 2. The first-order valence-corrected chi connectivity index (χ1v) is 10.9. The number of aromatic carboxylic acids is 1. The van der Waals surface area contributed by atoms with E-state index in [0.29, 0.717) is 17.9 Å². The van der Waals surface area contributed by atoms with Gasteiger partial charge in [0, 0.05) is 62.8 Å². The Kier molecular flexibility index (Phi) is 6.72. The highest BCUT2D eigenvalue weighted by Gasteiger charge is 2.26. The second-order valence-corrected chi connectivity index (χ2v) is 8.30. The topological polar surface area (TPSA) is 73.3 Å². The minimum absolute atomic E-state index is 0.0658. The SMILES string of the molecule is CC(=O)c1ccc(N2CCO[C@H](CN3CCN(c4ccc(C(=O)O)c(F)c4)CC3)C2)cc1. The van der Waals surface area contributed by atoms with Crippen molar-refractivity contribution < 1.29 is 23.8 Å². The lowest BCUT2D eigenvalue weighted by atomic mass is 10.1. The molecule has 2 heterocycles. The molecule has 32 heavy (non-hydrogen) atoms. The van der Waals surface area contributed by atoms with E-state index in [-0.39, 0.29) is 17.5 Å². The molecule has 2 fully saturated rings. The molecule has 0 bridgehead atoms. The standard InChI is InChI=1S/C24H28FN3O4/c1-17(29)18-2-4-19(5-3-18)28-12-13-32-21(16-28)15-26-8-10-27(11-9-26)20-6-7-22(24(30)31)23(25)14-20/h2-7,14,21H,8-13,15-16H2,1H3,(H,30,31)/t21-/m1/s1. The van der Waals surface area contributed by atoms with E-state index in [2.05, 4.69) is 14.7 Å². The number of morpholine rings is 1. The van der Waals surface area contributed by atoms with Crippen LogP contribution in [0.4, 0.5) is 15.8 Å². The first kappa shape index (κ1) is 22.2. The molecule has 2 saturated heterocycles. The van der Waals surface area contributed by atoms with Gasteiger partial charge in [-0.3, -0.25) is 9.69 Å². The molecule has 2 aliphatic rings. The Morgan fingerprint density at radius 3 is 2.31 bits per heavy atom. The summed E-state index contributed by atoms with van der Waals surface area (Å²) in [6, 6.07) is 12.0. The number of ketones is 1. The Morgan fingerprint density at radius 2 is 1.69 bits per heavy atom. The summed E-state index contributed by atoms with van der Waals surface area (Å²) in [5.74, 6) is -1.89. The summed E-state index contributed by atoms with van der Waals surface area (Å²) in [5.41, 5.74) is 2.22. The number of Topliss-reactive ketones (excluding diaryl/α,β-unsaturated/α-hetero) is 1. The summed E-state index contributed by atoms with van der Waals surface area (Å²) < 4.78 is 20.0. The van der Waals surface area contributed by atoms with Crippen LogP contribution >= 0.6 is 0 Å². The third-order valence-corrected chi connectivity index (χ3v) is 6.16. The van der Waals surface area contributed by atoms with Crippen LogP contribution in [0.5, 0.6) is 0 Å². The van der Waals surface area contributed by atoms with Crippen LogP contribution in [-0.4, -0.2) is 80.3 Å². The smallest absolute Gasteiger partial charge is 0.338 e. The molecular formula is C24H28FN3O4. The van der Waals surface area contributed by atoms with Crippen molar-refractivity contribution in [3.8, 4) is 0 Å². The van der Waals surface area contributed by atoms with Crippen molar-refractivity contribution in [1.29, 1.82) is 0 Å². The van der Waals surface area contributed by atoms with Crippen molar-refractivity contribution in [2.45, 2.75) is 13.0 Å². The highest BCUT2D eigenvalue weighted by atomic mass is 19.1. The zero-order valence-electron chi connectivity index (χ0n) is 18.2. The summed E-state index contributed by atoms with van der Waals surface area (Å²) in [6.45, 7) is 7.81. The van der Waals surface area contributed by atoms with Gasteiger partial charge in [0.2, 0.25) is 0 Å².